The first-order chi connectivity index (χ1) is 20.4. The Bertz CT molecular complexity index is 1030. The summed E-state index contributed by atoms with van der Waals surface area (Å²) >= 11 is 1.58. The minimum absolute atomic E-state index is 0.0288. The van der Waals surface area contributed by atoms with Crippen molar-refractivity contribution in [2.75, 3.05) is 31.7 Å². The van der Waals surface area contributed by atoms with Crippen LogP contribution in [-0.4, -0.2) is 72.1 Å². The van der Waals surface area contributed by atoms with Crippen LogP contribution in [0.2, 0.25) is 0 Å². The molecule has 244 valence electrons. The molecule has 0 aliphatic heterocycles. The second kappa shape index (κ2) is 20.3. The van der Waals surface area contributed by atoms with Gasteiger partial charge in [-0.05, 0) is 83.1 Å². The Kier molecular flexibility index (Phi) is 18.0. The number of ether oxygens (including phenoxy) is 2. The highest BCUT2D eigenvalue weighted by atomic mass is 32.2. The van der Waals surface area contributed by atoms with Crippen LogP contribution in [-0.2, 0) is 23.9 Å². The largest absolute Gasteiger partial charge is 0.466 e. The lowest BCUT2D eigenvalue weighted by atomic mass is 9.94. The van der Waals surface area contributed by atoms with Crippen LogP contribution < -0.4 is 10.6 Å². The van der Waals surface area contributed by atoms with Gasteiger partial charge in [0.2, 0.25) is 11.8 Å². The van der Waals surface area contributed by atoms with Crippen molar-refractivity contribution in [2.24, 2.45) is 0 Å². The summed E-state index contributed by atoms with van der Waals surface area (Å²) in [6, 6.07) is 3.91. The van der Waals surface area contributed by atoms with Crippen LogP contribution >= 0.6 is 11.8 Å². The molecule has 0 saturated heterocycles. The highest BCUT2D eigenvalue weighted by Gasteiger charge is 2.36. The van der Waals surface area contributed by atoms with E-state index in [-0.39, 0.29) is 31.4 Å². The van der Waals surface area contributed by atoms with E-state index in [1.807, 2.05) is 38.3 Å². The molecule has 0 aliphatic rings. The van der Waals surface area contributed by atoms with E-state index < -0.39 is 29.7 Å². The number of aryl methyl sites for hydroxylation is 1. The highest BCUT2D eigenvalue weighted by molar-refractivity contribution is 7.98. The summed E-state index contributed by atoms with van der Waals surface area (Å²) in [5, 5.41) is 5.67. The topological polar surface area (TPSA) is 114 Å². The summed E-state index contributed by atoms with van der Waals surface area (Å²) in [5.74, 6) is -0.473. The number of hydrogen-bond acceptors (Lipinski definition) is 7. The number of hydrogen-bond donors (Lipinski definition) is 2. The summed E-state index contributed by atoms with van der Waals surface area (Å²) in [7, 11) is 0. The molecule has 0 fully saturated rings. The van der Waals surface area contributed by atoms with Crippen LogP contribution in [0.15, 0.2) is 18.2 Å². The van der Waals surface area contributed by atoms with E-state index in [9.17, 15) is 19.2 Å². The second-order valence-corrected chi connectivity index (χ2v) is 12.8. The van der Waals surface area contributed by atoms with E-state index in [1.54, 1.807) is 44.4 Å². The van der Waals surface area contributed by atoms with Gasteiger partial charge in [-0.3, -0.25) is 14.4 Å². The normalized spacial score (nSPS) is 12.7. The molecule has 9 nitrogen and oxygen atoms in total. The average Bonchev–Trinajstić information content (AvgIpc) is 2.93. The fourth-order valence-electron chi connectivity index (χ4n) is 4.71. The molecule has 2 unspecified atom stereocenters. The molecule has 0 aromatic heterocycles. The Hall–Kier alpha value is -2.75. The summed E-state index contributed by atoms with van der Waals surface area (Å²) in [5.41, 5.74) is 1.90. The van der Waals surface area contributed by atoms with Crippen LogP contribution in [0.25, 0.3) is 0 Å². The molecule has 0 radical (unpaired) electrons. The molecule has 0 heterocycles. The molecule has 2 N–H and O–H groups in total. The fraction of sp³-hybridized carbons (Fsp3) is 0.697. The number of carbonyl (C=O) groups is 4. The first-order valence-electron chi connectivity index (χ1n) is 15.6. The number of thioether (sulfide) groups is 1. The molecule has 1 aromatic carbocycles. The van der Waals surface area contributed by atoms with Crippen molar-refractivity contribution in [3.05, 3.63) is 34.9 Å². The maximum atomic E-state index is 14.4. The van der Waals surface area contributed by atoms with Crippen LogP contribution in [0.3, 0.4) is 0 Å². The minimum atomic E-state index is -0.942. The van der Waals surface area contributed by atoms with Gasteiger partial charge in [0, 0.05) is 13.1 Å². The van der Waals surface area contributed by atoms with E-state index in [4.69, 9.17) is 9.47 Å². The Balaban J connectivity index is 3.49. The lowest BCUT2D eigenvalue weighted by Crippen LogP contribution is -2.53. The van der Waals surface area contributed by atoms with Gasteiger partial charge in [0.15, 0.2) is 0 Å². The first kappa shape index (κ1) is 38.3. The monoisotopic (exact) mass is 621 g/mol. The summed E-state index contributed by atoms with van der Waals surface area (Å²) < 4.78 is 10.5. The van der Waals surface area contributed by atoms with E-state index >= 15 is 0 Å². The zero-order chi connectivity index (χ0) is 32.4. The van der Waals surface area contributed by atoms with Crippen LogP contribution in [0.1, 0.15) is 109 Å². The highest BCUT2D eigenvalue weighted by Crippen LogP contribution is 2.28. The molecule has 10 heteroatoms. The third kappa shape index (κ3) is 14.5. The van der Waals surface area contributed by atoms with Crippen molar-refractivity contribution >= 4 is 35.6 Å². The molecule has 0 spiro atoms. The van der Waals surface area contributed by atoms with E-state index in [0.29, 0.717) is 30.7 Å². The zero-order valence-corrected chi connectivity index (χ0v) is 28.5. The number of benzene rings is 1. The number of nitrogens with zero attached hydrogens (tertiary/aromatic N) is 1. The molecule has 3 amide bonds. The van der Waals surface area contributed by atoms with Crippen molar-refractivity contribution in [2.45, 2.75) is 118 Å². The molecule has 0 aliphatic carbocycles. The Morgan fingerprint density at radius 2 is 1.67 bits per heavy atom. The second-order valence-electron chi connectivity index (χ2n) is 11.8. The van der Waals surface area contributed by atoms with Crippen LogP contribution in [0.5, 0.6) is 0 Å². The Morgan fingerprint density at radius 1 is 1.00 bits per heavy atom. The Labute approximate surface area is 263 Å². The number of rotatable bonds is 19. The van der Waals surface area contributed by atoms with Crippen LogP contribution in [0.4, 0.5) is 4.79 Å². The number of amides is 3. The first-order valence-corrected chi connectivity index (χ1v) is 17.0. The number of nitrogens with one attached hydrogen (secondary N) is 2. The molecule has 1 aromatic rings. The van der Waals surface area contributed by atoms with E-state index in [0.717, 1.165) is 43.2 Å². The molecule has 0 bridgehead atoms. The van der Waals surface area contributed by atoms with Crippen molar-refractivity contribution in [1.82, 2.24) is 15.5 Å². The van der Waals surface area contributed by atoms with Gasteiger partial charge in [-0.2, -0.15) is 11.8 Å². The standard InChI is InChI=1S/C33H55N3O6S/c1-9-11-12-13-14-15-22-36(31(39)27(20-23-43-8)35-32(40)42-33(5,6)7)29(26-18-16-17-24(3)25(26)4)30(38)34-21-19-28(37)41-10-2/h16-18,27,29H,9-15,19-23H2,1-8H3,(H,34,38)(H,35,40). The van der Waals surface area contributed by atoms with Crippen molar-refractivity contribution in [3.8, 4) is 0 Å². The lowest BCUT2D eigenvalue weighted by molar-refractivity contribution is -0.144. The molecular formula is C33H55N3O6S. The number of unbranched alkanes of at least 4 members (excludes halogenated alkanes) is 5. The fourth-order valence-corrected chi connectivity index (χ4v) is 5.18. The number of alkyl carbamates (subject to hydrolysis) is 1. The van der Waals surface area contributed by atoms with Gasteiger partial charge < -0.3 is 25.0 Å². The summed E-state index contributed by atoms with van der Waals surface area (Å²) in [6.45, 7) is 13.8. The minimum Gasteiger partial charge on any atom is -0.466 e. The molecule has 43 heavy (non-hydrogen) atoms. The van der Waals surface area contributed by atoms with Gasteiger partial charge in [0.05, 0.1) is 13.0 Å². The van der Waals surface area contributed by atoms with Gasteiger partial charge in [0.1, 0.15) is 17.7 Å². The smallest absolute Gasteiger partial charge is 0.408 e. The molecule has 0 saturated carbocycles. The maximum Gasteiger partial charge on any atom is 0.408 e. The number of carbonyl (C=O) groups excluding carboxylic acids is 4. The molecular weight excluding hydrogens is 566 g/mol. The summed E-state index contributed by atoms with van der Waals surface area (Å²) in [4.78, 5) is 54.7. The van der Waals surface area contributed by atoms with Gasteiger partial charge in [0.25, 0.3) is 0 Å². The van der Waals surface area contributed by atoms with Gasteiger partial charge >= 0.3 is 12.1 Å². The van der Waals surface area contributed by atoms with Crippen LogP contribution in [0, 0.1) is 13.8 Å². The third-order valence-electron chi connectivity index (χ3n) is 7.07. The van der Waals surface area contributed by atoms with Crippen molar-refractivity contribution in [1.29, 1.82) is 0 Å². The quantitative estimate of drug-likeness (QED) is 0.139. The Morgan fingerprint density at radius 3 is 2.30 bits per heavy atom. The van der Waals surface area contributed by atoms with Crippen molar-refractivity contribution in [3.63, 3.8) is 0 Å². The molecule has 1 rings (SSSR count). The predicted molar refractivity (Wildman–Crippen MR) is 174 cm³/mol. The summed E-state index contributed by atoms with van der Waals surface area (Å²) in [6.07, 6.45) is 7.78. The van der Waals surface area contributed by atoms with E-state index in [1.165, 1.54) is 0 Å². The van der Waals surface area contributed by atoms with Gasteiger partial charge in [-0.25, -0.2) is 4.79 Å². The third-order valence-corrected chi connectivity index (χ3v) is 7.71. The zero-order valence-electron chi connectivity index (χ0n) is 27.7. The molecule has 2 atom stereocenters. The SMILES string of the molecule is CCCCCCCCN(C(=O)C(CCSC)NC(=O)OC(C)(C)C)C(C(=O)NCCC(=O)OCC)c1cccc(C)c1C. The lowest BCUT2D eigenvalue weighted by Gasteiger charge is -2.35. The van der Waals surface area contributed by atoms with Gasteiger partial charge in [-0.1, -0.05) is 57.2 Å². The predicted octanol–water partition coefficient (Wildman–Crippen LogP) is 6.25. The van der Waals surface area contributed by atoms with E-state index in [2.05, 4.69) is 17.6 Å². The van der Waals surface area contributed by atoms with Crippen molar-refractivity contribution < 1.29 is 28.7 Å². The maximum absolute atomic E-state index is 14.4. The number of esters is 1. The average molecular weight is 622 g/mol. The van der Waals surface area contributed by atoms with Gasteiger partial charge in [-0.15, -0.1) is 0 Å².